The first-order valence-electron chi connectivity index (χ1n) is 6.17. The van der Waals surface area contributed by atoms with E-state index in [0.717, 1.165) is 24.3 Å². The zero-order valence-corrected chi connectivity index (χ0v) is 11.4. The van der Waals surface area contributed by atoms with Gasteiger partial charge in [-0.15, -0.1) is 0 Å². The molecule has 1 aromatic carbocycles. The molecule has 22 heavy (non-hydrogen) atoms. The summed E-state index contributed by atoms with van der Waals surface area (Å²) in [6.45, 7) is 1.55. The molecular weight excluding hydrogens is 294 g/mol. The van der Waals surface area contributed by atoms with E-state index in [1.54, 1.807) is 6.92 Å². The summed E-state index contributed by atoms with van der Waals surface area (Å²) in [6, 6.07) is 4.87. The molecule has 0 spiro atoms. The van der Waals surface area contributed by atoms with Gasteiger partial charge < -0.3 is 0 Å². The molecule has 0 atom stereocenters. The molecule has 0 unspecified atom stereocenters. The fraction of sp³-hybridized carbons (Fsp3) is 0.0667. The topological polar surface area (TPSA) is 73.1 Å². The molecule has 0 saturated heterocycles. The van der Waals surface area contributed by atoms with Crippen LogP contribution in [-0.4, -0.2) is 15.7 Å². The summed E-state index contributed by atoms with van der Waals surface area (Å²) < 4.78 is 26.3. The summed E-state index contributed by atoms with van der Waals surface area (Å²) in [7, 11) is 0. The standard InChI is InChI=1S/C15H10F2N2O3/c1-9-2-3-11(6-13(9)19(21)22)14(20)5-4-10-7-15(17)18-8-12(10)16/h2-8H,1H3/b5-4+. The number of carbonyl (C=O) groups excluding carboxylic acids is 1. The quantitative estimate of drug-likeness (QED) is 0.285. The number of benzene rings is 1. The third-order valence-corrected chi connectivity index (χ3v) is 2.96. The average Bonchev–Trinajstić information content (AvgIpc) is 2.48. The van der Waals surface area contributed by atoms with Gasteiger partial charge in [0.05, 0.1) is 11.1 Å². The molecule has 0 aliphatic carbocycles. The van der Waals surface area contributed by atoms with Gasteiger partial charge in [0, 0.05) is 28.8 Å². The Morgan fingerprint density at radius 2 is 2.05 bits per heavy atom. The van der Waals surface area contributed by atoms with Gasteiger partial charge in [-0.1, -0.05) is 12.1 Å². The smallest absolute Gasteiger partial charge is 0.273 e. The van der Waals surface area contributed by atoms with Gasteiger partial charge >= 0.3 is 0 Å². The SMILES string of the molecule is Cc1ccc(C(=O)/C=C/c2cc(F)ncc2F)cc1[N+](=O)[O-]. The molecule has 0 aliphatic rings. The van der Waals surface area contributed by atoms with Crippen LogP contribution in [0, 0.1) is 28.8 Å². The maximum Gasteiger partial charge on any atom is 0.273 e. The highest BCUT2D eigenvalue weighted by atomic mass is 19.1. The second-order valence-electron chi connectivity index (χ2n) is 4.48. The monoisotopic (exact) mass is 304 g/mol. The van der Waals surface area contributed by atoms with Crippen molar-refractivity contribution >= 4 is 17.5 Å². The third-order valence-electron chi connectivity index (χ3n) is 2.96. The molecule has 112 valence electrons. The summed E-state index contributed by atoms with van der Waals surface area (Å²) in [5.74, 6) is -2.21. The number of aromatic nitrogens is 1. The van der Waals surface area contributed by atoms with Crippen molar-refractivity contribution < 1.29 is 18.5 Å². The lowest BCUT2D eigenvalue weighted by molar-refractivity contribution is -0.385. The minimum Gasteiger partial charge on any atom is -0.289 e. The highest BCUT2D eigenvalue weighted by Gasteiger charge is 2.13. The van der Waals surface area contributed by atoms with Crippen LogP contribution in [0.25, 0.3) is 6.08 Å². The molecule has 0 amide bonds. The van der Waals surface area contributed by atoms with Crippen LogP contribution in [0.2, 0.25) is 0 Å². The average molecular weight is 304 g/mol. The van der Waals surface area contributed by atoms with Crippen LogP contribution in [-0.2, 0) is 0 Å². The van der Waals surface area contributed by atoms with Crippen molar-refractivity contribution in [3.05, 3.63) is 75.1 Å². The van der Waals surface area contributed by atoms with Crippen molar-refractivity contribution in [2.45, 2.75) is 6.92 Å². The van der Waals surface area contributed by atoms with E-state index in [0.29, 0.717) is 11.8 Å². The number of nitrogens with zero attached hydrogens (tertiary/aromatic N) is 2. The summed E-state index contributed by atoms with van der Waals surface area (Å²) in [5, 5.41) is 10.8. The molecule has 0 fully saturated rings. The second-order valence-corrected chi connectivity index (χ2v) is 4.48. The fourth-order valence-corrected chi connectivity index (χ4v) is 1.78. The lowest BCUT2D eigenvalue weighted by Crippen LogP contribution is -1.98. The number of hydrogen-bond donors (Lipinski definition) is 0. The summed E-state index contributed by atoms with van der Waals surface area (Å²) in [4.78, 5) is 25.3. The van der Waals surface area contributed by atoms with E-state index < -0.39 is 22.5 Å². The third kappa shape index (κ3) is 3.38. The summed E-state index contributed by atoms with van der Waals surface area (Å²) in [6.07, 6.45) is 2.82. The van der Waals surface area contributed by atoms with Gasteiger partial charge in [-0.25, -0.2) is 9.37 Å². The van der Waals surface area contributed by atoms with Gasteiger partial charge in [-0.05, 0) is 19.1 Å². The number of rotatable bonds is 4. The van der Waals surface area contributed by atoms with E-state index in [-0.39, 0.29) is 16.8 Å². The molecule has 5 nitrogen and oxygen atoms in total. The predicted molar refractivity (Wildman–Crippen MR) is 75.4 cm³/mol. The van der Waals surface area contributed by atoms with Gasteiger partial charge in [-0.2, -0.15) is 4.39 Å². The molecule has 0 aliphatic heterocycles. The fourth-order valence-electron chi connectivity index (χ4n) is 1.78. The van der Waals surface area contributed by atoms with Gasteiger partial charge in [0.15, 0.2) is 5.78 Å². The van der Waals surface area contributed by atoms with Crippen molar-refractivity contribution in [3.63, 3.8) is 0 Å². The van der Waals surface area contributed by atoms with E-state index in [1.165, 1.54) is 12.1 Å². The second kappa shape index (κ2) is 6.21. The Balaban J connectivity index is 2.29. The molecule has 7 heteroatoms. The molecule has 1 aromatic heterocycles. The van der Waals surface area contributed by atoms with Crippen molar-refractivity contribution in [3.8, 4) is 0 Å². The first-order valence-corrected chi connectivity index (χ1v) is 6.17. The molecule has 2 rings (SSSR count). The molecule has 1 heterocycles. The molecular formula is C15H10F2N2O3. The van der Waals surface area contributed by atoms with E-state index in [2.05, 4.69) is 4.98 Å². The van der Waals surface area contributed by atoms with Crippen molar-refractivity contribution in [2.24, 2.45) is 0 Å². The number of nitro benzene ring substituents is 1. The number of pyridine rings is 1. The van der Waals surface area contributed by atoms with Crippen LogP contribution in [0.1, 0.15) is 21.5 Å². The number of aryl methyl sites for hydroxylation is 1. The molecule has 0 radical (unpaired) electrons. The van der Waals surface area contributed by atoms with Crippen LogP contribution >= 0.6 is 0 Å². The minimum absolute atomic E-state index is 0.0866. The van der Waals surface area contributed by atoms with Gasteiger partial charge in [0.2, 0.25) is 5.95 Å². The Morgan fingerprint density at radius 3 is 2.73 bits per heavy atom. The lowest BCUT2D eigenvalue weighted by Gasteiger charge is -2.00. The Hall–Kier alpha value is -2.96. The summed E-state index contributed by atoms with van der Waals surface area (Å²) >= 11 is 0. The van der Waals surface area contributed by atoms with Crippen LogP contribution in [0.4, 0.5) is 14.5 Å². The van der Waals surface area contributed by atoms with Crippen LogP contribution < -0.4 is 0 Å². The maximum atomic E-state index is 13.4. The highest BCUT2D eigenvalue weighted by Crippen LogP contribution is 2.20. The normalized spacial score (nSPS) is 10.9. The number of carbonyl (C=O) groups is 1. The molecule has 0 saturated carbocycles. The number of hydrogen-bond acceptors (Lipinski definition) is 4. The number of allylic oxidation sites excluding steroid dienone is 1. The van der Waals surface area contributed by atoms with Gasteiger partial charge in [0.25, 0.3) is 5.69 Å². The Kier molecular flexibility index (Phi) is 4.36. The molecule has 2 aromatic rings. The first-order chi connectivity index (χ1) is 10.4. The summed E-state index contributed by atoms with van der Waals surface area (Å²) in [5.41, 5.74) is 0.194. The van der Waals surface area contributed by atoms with Crippen LogP contribution in [0.5, 0.6) is 0 Å². The zero-order valence-electron chi connectivity index (χ0n) is 11.4. The van der Waals surface area contributed by atoms with E-state index in [4.69, 9.17) is 0 Å². The zero-order chi connectivity index (χ0) is 16.3. The molecule has 0 N–H and O–H groups in total. The Labute approximate surface area is 124 Å². The molecule has 0 bridgehead atoms. The number of halogens is 2. The number of nitro groups is 1. The Bertz CT molecular complexity index is 788. The first kappa shape index (κ1) is 15.4. The largest absolute Gasteiger partial charge is 0.289 e. The predicted octanol–water partition coefficient (Wildman–Crippen LogP) is 3.47. The van der Waals surface area contributed by atoms with Crippen molar-refractivity contribution in [2.75, 3.05) is 0 Å². The van der Waals surface area contributed by atoms with E-state index in [9.17, 15) is 23.7 Å². The maximum absolute atomic E-state index is 13.4. The highest BCUT2D eigenvalue weighted by molar-refractivity contribution is 6.07. The minimum atomic E-state index is -0.875. The van der Waals surface area contributed by atoms with Gasteiger partial charge in [-0.3, -0.25) is 14.9 Å². The van der Waals surface area contributed by atoms with Crippen molar-refractivity contribution in [1.82, 2.24) is 4.98 Å². The van der Waals surface area contributed by atoms with Crippen LogP contribution in [0.15, 0.2) is 36.5 Å². The van der Waals surface area contributed by atoms with Crippen molar-refractivity contribution in [1.29, 1.82) is 0 Å². The van der Waals surface area contributed by atoms with Crippen LogP contribution in [0.3, 0.4) is 0 Å². The van der Waals surface area contributed by atoms with Gasteiger partial charge in [0.1, 0.15) is 5.82 Å². The Morgan fingerprint density at radius 1 is 1.32 bits per heavy atom. The van der Waals surface area contributed by atoms with E-state index >= 15 is 0 Å². The number of ketones is 1. The lowest BCUT2D eigenvalue weighted by atomic mass is 10.1. The van der Waals surface area contributed by atoms with E-state index in [1.807, 2.05) is 0 Å².